The number of aromatic amines is 1. The van der Waals surface area contributed by atoms with E-state index in [0.29, 0.717) is 16.5 Å². The van der Waals surface area contributed by atoms with Gasteiger partial charge in [-0.25, -0.2) is 23.4 Å². The Morgan fingerprint density at radius 2 is 2.25 bits per heavy atom. The number of amides is 2. The zero-order valence-electron chi connectivity index (χ0n) is 14.2. The van der Waals surface area contributed by atoms with Gasteiger partial charge in [0.2, 0.25) is 21.1 Å². The number of nitrogens with one attached hydrogen (secondary N) is 2. The first-order valence-corrected chi connectivity index (χ1v) is 11.3. The van der Waals surface area contributed by atoms with Crippen LogP contribution in [-0.2, 0) is 24.4 Å². The number of hydrogen-bond donors (Lipinski definition) is 4. The van der Waals surface area contributed by atoms with Crippen LogP contribution in [0, 0.1) is 0 Å². The minimum absolute atomic E-state index is 0.154. The molecule has 28 heavy (non-hydrogen) atoms. The van der Waals surface area contributed by atoms with Crippen LogP contribution in [0.15, 0.2) is 16.4 Å². The summed E-state index contributed by atoms with van der Waals surface area (Å²) in [6.07, 6.45) is 0. The second kappa shape index (κ2) is 7.69. The van der Waals surface area contributed by atoms with Gasteiger partial charge in [0, 0.05) is 11.0 Å². The summed E-state index contributed by atoms with van der Waals surface area (Å²) in [6, 6.07) is -1.02. The summed E-state index contributed by atoms with van der Waals surface area (Å²) in [6.45, 7) is 1.77. The Balaban J connectivity index is 1.78. The number of tetrazole rings is 1. The number of carbonyl (C=O) groups is 3. The molecule has 3 rings (SSSR count). The number of rotatable bonds is 7. The number of nitrogens with zero attached hydrogens (tertiary/aromatic N) is 4. The van der Waals surface area contributed by atoms with Crippen LogP contribution in [0.3, 0.4) is 0 Å². The van der Waals surface area contributed by atoms with Crippen LogP contribution in [0.5, 0.6) is 0 Å². The summed E-state index contributed by atoms with van der Waals surface area (Å²) >= 11 is 2.48. The number of aromatic nitrogens is 4. The zero-order valence-corrected chi connectivity index (χ0v) is 16.7. The Hall–Kier alpha value is -2.17. The van der Waals surface area contributed by atoms with Gasteiger partial charge in [-0.2, -0.15) is 0 Å². The average Bonchev–Trinajstić information content (AvgIpc) is 3.09. The van der Waals surface area contributed by atoms with Crippen molar-refractivity contribution in [3.63, 3.8) is 0 Å². The summed E-state index contributed by atoms with van der Waals surface area (Å²) in [5.41, 5.74) is 0.357. The number of thioether (sulfide) groups is 2. The predicted molar refractivity (Wildman–Crippen MR) is 97.2 cm³/mol. The maximum Gasteiger partial charge on any atom is 0.352 e. The third-order valence-corrected chi connectivity index (χ3v) is 6.96. The fourth-order valence-electron chi connectivity index (χ4n) is 2.79. The molecule has 2 unspecified atom stereocenters. The molecular formula is C12H15N7O6S3. The van der Waals surface area contributed by atoms with Crippen molar-refractivity contribution in [3.8, 4) is 0 Å². The summed E-state index contributed by atoms with van der Waals surface area (Å²) in [4.78, 5) is 37.1. The number of aliphatic carboxylic acids is 1. The van der Waals surface area contributed by atoms with E-state index in [9.17, 15) is 27.9 Å². The molecule has 2 aliphatic heterocycles. The second-order valence-corrected chi connectivity index (χ2v) is 9.96. The molecule has 0 bridgehead atoms. The van der Waals surface area contributed by atoms with Crippen LogP contribution in [0.25, 0.3) is 0 Å². The third-order valence-electron chi connectivity index (χ3n) is 3.95. The number of carboxylic acids is 1. The lowest BCUT2D eigenvalue weighted by Crippen LogP contribution is -2.71. The molecule has 1 aromatic rings. The van der Waals surface area contributed by atoms with Crippen LogP contribution in [0.2, 0.25) is 0 Å². The molecule has 16 heteroatoms. The monoisotopic (exact) mass is 449 g/mol. The van der Waals surface area contributed by atoms with Gasteiger partial charge in [0.1, 0.15) is 22.9 Å². The zero-order chi connectivity index (χ0) is 20.6. The molecule has 5 N–H and O–H groups in total. The Bertz CT molecular complexity index is 947. The second-order valence-electron chi connectivity index (χ2n) is 5.91. The van der Waals surface area contributed by atoms with Crippen molar-refractivity contribution in [2.45, 2.75) is 28.7 Å². The first-order chi connectivity index (χ1) is 13.1. The summed E-state index contributed by atoms with van der Waals surface area (Å²) in [5.74, 6) is -3.48. The lowest BCUT2D eigenvalue weighted by molar-refractivity contribution is -0.150. The minimum atomic E-state index is -4.04. The molecule has 1 saturated heterocycles. The predicted octanol–water partition coefficient (Wildman–Crippen LogP) is -2.29. The highest BCUT2D eigenvalue weighted by Crippen LogP contribution is 2.43. The minimum Gasteiger partial charge on any atom is -0.477 e. The van der Waals surface area contributed by atoms with E-state index in [-0.39, 0.29) is 10.9 Å². The molecule has 0 aliphatic carbocycles. The molecule has 1 aromatic heterocycles. The van der Waals surface area contributed by atoms with E-state index in [1.54, 1.807) is 6.92 Å². The van der Waals surface area contributed by atoms with Crippen LogP contribution in [-0.4, -0.2) is 85.0 Å². The molecule has 0 aromatic carbocycles. The molecule has 0 saturated carbocycles. The van der Waals surface area contributed by atoms with E-state index < -0.39 is 45.0 Å². The number of fused-ring (bicyclic) bond motifs is 1. The number of nitrogens with two attached hydrogens (primary N) is 1. The highest BCUT2D eigenvalue weighted by Gasteiger charge is 2.54. The number of carbonyl (C=O) groups excluding carboxylic acids is 2. The van der Waals surface area contributed by atoms with Crippen molar-refractivity contribution in [1.82, 2.24) is 30.8 Å². The van der Waals surface area contributed by atoms with Crippen LogP contribution >= 0.6 is 23.5 Å². The standard InChI is InChI=1S/C12H15N7O6S3/c1-4(27-12-15-17-18-16-12)5-2-26-10-7(14-6(20)3-28(13,24)25)9(21)19(10)8(5)11(22)23/h4,7,10H,2-3H2,1H3,(H,14,20)(H,22,23)(H2,13,24,25)(H,15,16,17,18)/t4?,7?,10-/m0/s1. The Morgan fingerprint density at radius 3 is 2.82 bits per heavy atom. The van der Waals surface area contributed by atoms with Crippen molar-refractivity contribution in [2.24, 2.45) is 5.14 Å². The van der Waals surface area contributed by atoms with Crippen LogP contribution < -0.4 is 10.5 Å². The number of carboxylic acid groups (broad SMARTS) is 1. The van der Waals surface area contributed by atoms with Gasteiger partial charge in [-0.15, -0.1) is 16.9 Å². The van der Waals surface area contributed by atoms with Crippen molar-refractivity contribution >= 4 is 51.3 Å². The van der Waals surface area contributed by atoms with E-state index in [0.717, 1.165) is 4.90 Å². The highest BCUT2D eigenvalue weighted by atomic mass is 32.2. The number of β-lactam (4-membered cyclic amide) rings is 1. The highest BCUT2D eigenvalue weighted by molar-refractivity contribution is 8.01. The Kier molecular flexibility index (Phi) is 5.64. The Morgan fingerprint density at radius 1 is 1.54 bits per heavy atom. The summed E-state index contributed by atoms with van der Waals surface area (Å²) < 4.78 is 22.0. The molecular weight excluding hydrogens is 434 g/mol. The third kappa shape index (κ3) is 4.13. The number of primary sulfonamides is 1. The van der Waals surface area contributed by atoms with Gasteiger partial charge in [0.25, 0.3) is 5.91 Å². The number of hydrogen-bond acceptors (Lipinski definition) is 10. The first kappa shape index (κ1) is 20.6. The molecule has 2 aliphatic rings. The Labute approximate surface area is 166 Å². The van der Waals surface area contributed by atoms with E-state index >= 15 is 0 Å². The number of H-pyrrole nitrogens is 1. The van der Waals surface area contributed by atoms with Crippen molar-refractivity contribution in [2.75, 3.05) is 11.5 Å². The molecule has 1 fully saturated rings. The summed E-state index contributed by atoms with van der Waals surface area (Å²) in [7, 11) is -4.04. The van der Waals surface area contributed by atoms with Crippen molar-refractivity contribution in [1.29, 1.82) is 0 Å². The topological polar surface area (TPSA) is 201 Å². The summed E-state index contributed by atoms with van der Waals surface area (Å²) in [5, 5.41) is 29.4. The van der Waals surface area contributed by atoms with Gasteiger partial charge in [-0.05, 0) is 22.9 Å². The fourth-order valence-corrected chi connectivity index (χ4v) is 5.67. The van der Waals surface area contributed by atoms with E-state index in [4.69, 9.17) is 5.14 Å². The van der Waals surface area contributed by atoms with Crippen molar-refractivity contribution in [3.05, 3.63) is 11.3 Å². The quantitative estimate of drug-likeness (QED) is 0.258. The van der Waals surface area contributed by atoms with Gasteiger partial charge in [0.05, 0.1) is 0 Å². The van der Waals surface area contributed by atoms with E-state index in [1.165, 1.54) is 23.5 Å². The molecule has 0 spiro atoms. The van der Waals surface area contributed by atoms with Crippen LogP contribution in [0.1, 0.15) is 6.92 Å². The lowest BCUT2D eigenvalue weighted by atomic mass is 10.0. The molecule has 3 atom stereocenters. The van der Waals surface area contributed by atoms with Crippen molar-refractivity contribution < 1.29 is 27.9 Å². The smallest absolute Gasteiger partial charge is 0.352 e. The lowest BCUT2D eigenvalue weighted by Gasteiger charge is -2.50. The van der Waals surface area contributed by atoms with Gasteiger partial charge in [-0.1, -0.05) is 11.8 Å². The molecule has 13 nitrogen and oxygen atoms in total. The van der Waals surface area contributed by atoms with Gasteiger partial charge < -0.3 is 10.4 Å². The van der Waals surface area contributed by atoms with Crippen LogP contribution in [0.4, 0.5) is 0 Å². The molecule has 152 valence electrons. The van der Waals surface area contributed by atoms with Gasteiger partial charge in [-0.3, -0.25) is 14.5 Å². The fraction of sp³-hybridized carbons (Fsp3) is 0.500. The molecule has 3 heterocycles. The van der Waals surface area contributed by atoms with E-state index in [1.807, 2.05) is 0 Å². The molecule has 2 amide bonds. The normalized spacial score (nSPS) is 23.1. The first-order valence-electron chi connectivity index (χ1n) is 7.69. The average molecular weight is 449 g/mol. The van der Waals surface area contributed by atoms with Gasteiger partial charge >= 0.3 is 5.97 Å². The maximum atomic E-state index is 12.5. The number of sulfonamides is 1. The van der Waals surface area contributed by atoms with E-state index in [2.05, 4.69) is 25.9 Å². The SMILES string of the molecule is CC(Sc1nnn[nH]1)C1=C(C(=O)O)N2C(=O)C(NC(=O)CS(N)(=O)=O)[C@@H]2SC1. The van der Waals surface area contributed by atoms with Gasteiger partial charge in [0.15, 0.2) is 0 Å². The maximum absolute atomic E-state index is 12.5. The largest absolute Gasteiger partial charge is 0.477 e. The molecule has 0 radical (unpaired) electrons.